The number of carboxylic acid groups (broad SMARTS) is 4. The summed E-state index contributed by atoms with van der Waals surface area (Å²) in [5, 5.41) is 40.0. The Morgan fingerprint density at radius 3 is 1.48 bits per heavy atom. The number of imide groups is 1. The number of ether oxygens (including phenoxy) is 3. The molecule has 3 amide bonds. The molecule has 0 aromatic carbocycles. The molecule has 0 aliphatic carbocycles. The second kappa shape index (κ2) is 27.9. The molecule has 0 spiro atoms. The molecular formula is C36H61N7O14S. The molecule has 0 aromatic heterocycles. The SMILES string of the molecule is CC(C)C1=C(SC[C@H](N)C(=O)O)C(=O)N(CCCOCCOCCOCCCNC(=O)CN2CCN(CC(=O)O)CCN(CC(=O)O)CCN(CC(=O)O)CC2)C1=O. The summed E-state index contributed by atoms with van der Waals surface area (Å²) in [5.41, 5.74) is 5.94. The van der Waals surface area contributed by atoms with Crippen molar-refractivity contribution in [2.24, 2.45) is 11.7 Å². The molecule has 1 atom stereocenters. The van der Waals surface area contributed by atoms with Gasteiger partial charge in [-0.05, 0) is 18.8 Å². The van der Waals surface area contributed by atoms with Gasteiger partial charge in [0.15, 0.2) is 0 Å². The average molecular weight is 848 g/mol. The third kappa shape index (κ3) is 20.3. The summed E-state index contributed by atoms with van der Waals surface area (Å²) in [6.45, 7) is 7.86. The van der Waals surface area contributed by atoms with E-state index in [1.54, 1.807) is 28.5 Å². The zero-order chi connectivity index (χ0) is 43.0. The van der Waals surface area contributed by atoms with Crippen molar-refractivity contribution in [2.45, 2.75) is 32.7 Å². The molecule has 2 heterocycles. The molecule has 1 saturated heterocycles. The highest BCUT2D eigenvalue weighted by atomic mass is 32.2. The van der Waals surface area contributed by atoms with E-state index in [2.05, 4.69) is 5.32 Å². The number of thioether (sulfide) groups is 1. The van der Waals surface area contributed by atoms with E-state index in [9.17, 15) is 48.9 Å². The fourth-order valence-corrected chi connectivity index (χ4v) is 7.18. The number of nitrogens with zero attached hydrogens (tertiary/aromatic N) is 5. The first-order chi connectivity index (χ1) is 27.6. The zero-order valence-electron chi connectivity index (χ0n) is 33.5. The Morgan fingerprint density at radius 1 is 0.655 bits per heavy atom. The Hall–Kier alpha value is -3.74. The van der Waals surface area contributed by atoms with E-state index >= 15 is 0 Å². The van der Waals surface area contributed by atoms with Crippen molar-refractivity contribution in [3.8, 4) is 0 Å². The fraction of sp³-hybridized carbons (Fsp3) is 0.750. The predicted molar refractivity (Wildman–Crippen MR) is 210 cm³/mol. The molecule has 58 heavy (non-hydrogen) atoms. The molecule has 2 aliphatic rings. The van der Waals surface area contributed by atoms with Crippen LogP contribution in [-0.2, 0) is 47.8 Å². The lowest BCUT2D eigenvalue weighted by Gasteiger charge is -2.32. The average Bonchev–Trinajstić information content (AvgIpc) is 3.38. The molecule has 330 valence electrons. The monoisotopic (exact) mass is 847 g/mol. The first-order valence-electron chi connectivity index (χ1n) is 19.3. The molecule has 2 aliphatic heterocycles. The Kier molecular flexibility index (Phi) is 24.2. The number of amides is 3. The summed E-state index contributed by atoms with van der Waals surface area (Å²) in [4.78, 5) is 92.3. The van der Waals surface area contributed by atoms with Gasteiger partial charge in [-0.15, -0.1) is 11.8 Å². The molecule has 1 fully saturated rings. The summed E-state index contributed by atoms with van der Waals surface area (Å²) < 4.78 is 16.7. The minimum atomic E-state index is -1.18. The highest BCUT2D eigenvalue weighted by Crippen LogP contribution is 2.34. The lowest BCUT2D eigenvalue weighted by atomic mass is 10.0. The van der Waals surface area contributed by atoms with Gasteiger partial charge in [-0.3, -0.25) is 58.1 Å². The van der Waals surface area contributed by atoms with Crippen molar-refractivity contribution in [1.82, 2.24) is 29.8 Å². The maximum Gasteiger partial charge on any atom is 0.321 e. The zero-order valence-corrected chi connectivity index (χ0v) is 34.3. The van der Waals surface area contributed by atoms with Crippen LogP contribution in [0.4, 0.5) is 0 Å². The van der Waals surface area contributed by atoms with Crippen LogP contribution in [0.2, 0.25) is 0 Å². The van der Waals surface area contributed by atoms with Crippen LogP contribution in [-0.4, -0.2) is 230 Å². The van der Waals surface area contributed by atoms with Gasteiger partial charge >= 0.3 is 23.9 Å². The Balaban J connectivity index is 1.62. The van der Waals surface area contributed by atoms with Gasteiger partial charge in [-0.25, -0.2) is 0 Å². The normalized spacial score (nSPS) is 17.7. The third-order valence-corrected chi connectivity index (χ3v) is 10.2. The minimum absolute atomic E-state index is 0.0258. The van der Waals surface area contributed by atoms with Gasteiger partial charge < -0.3 is 45.7 Å². The summed E-state index contributed by atoms with van der Waals surface area (Å²) >= 11 is 0.994. The van der Waals surface area contributed by atoms with E-state index < -0.39 is 35.8 Å². The van der Waals surface area contributed by atoms with Crippen molar-refractivity contribution >= 4 is 53.4 Å². The summed E-state index contributed by atoms with van der Waals surface area (Å²) in [6, 6.07) is -1.15. The topological polar surface area (TPSA) is 282 Å². The molecule has 2 rings (SSSR count). The van der Waals surface area contributed by atoms with E-state index in [0.29, 0.717) is 104 Å². The van der Waals surface area contributed by atoms with E-state index in [4.69, 9.17) is 25.1 Å². The van der Waals surface area contributed by atoms with Crippen LogP contribution in [0.25, 0.3) is 0 Å². The molecule has 0 aromatic rings. The van der Waals surface area contributed by atoms with Crippen molar-refractivity contribution in [2.75, 3.05) is 137 Å². The molecular weight excluding hydrogens is 786 g/mol. The quantitative estimate of drug-likeness (QED) is 0.0379. The van der Waals surface area contributed by atoms with Crippen molar-refractivity contribution < 1.29 is 68.2 Å². The number of carbonyl (C=O) groups is 7. The minimum Gasteiger partial charge on any atom is -0.480 e. The number of rotatable bonds is 27. The van der Waals surface area contributed by atoms with E-state index in [1.807, 2.05) is 4.90 Å². The number of hydrogen-bond acceptors (Lipinski definition) is 16. The number of nitrogens with two attached hydrogens (primary N) is 1. The Morgan fingerprint density at radius 2 is 1.07 bits per heavy atom. The fourth-order valence-electron chi connectivity index (χ4n) is 5.98. The van der Waals surface area contributed by atoms with Crippen molar-refractivity contribution in [1.29, 1.82) is 0 Å². The van der Waals surface area contributed by atoms with Crippen LogP contribution in [0.5, 0.6) is 0 Å². The molecule has 0 bridgehead atoms. The van der Waals surface area contributed by atoms with Crippen LogP contribution in [0.3, 0.4) is 0 Å². The van der Waals surface area contributed by atoms with Crippen LogP contribution in [0, 0.1) is 5.92 Å². The molecule has 0 radical (unpaired) electrons. The van der Waals surface area contributed by atoms with Gasteiger partial charge in [0.25, 0.3) is 11.8 Å². The van der Waals surface area contributed by atoms with Crippen LogP contribution >= 0.6 is 11.8 Å². The summed E-state index contributed by atoms with van der Waals surface area (Å²) in [7, 11) is 0. The van der Waals surface area contributed by atoms with Crippen LogP contribution < -0.4 is 11.1 Å². The van der Waals surface area contributed by atoms with Crippen molar-refractivity contribution in [3.05, 3.63) is 10.5 Å². The standard InChI is InChI=1S/C36H61N7O14S/c1-26(2)32-33(58-25-27(37)36(53)54)35(52)43(34(32)51)6-4-16-56-18-20-57-19-17-55-15-3-5-38-28(44)21-39-7-9-40(22-29(45)46)11-13-42(24-31(49)50)14-12-41(10-8-39)23-30(47)48/h26-27H,3-25,37H2,1-2H3,(H,38,44)(H,45,46)(H,47,48)(H,49,50)(H,53,54)/t27-/m0/s1. The number of aliphatic carboxylic acids is 4. The Bertz CT molecular complexity index is 1370. The first kappa shape index (κ1) is 50.4. The number of carbonyl (C=O) groups excluding carboxylic acids is 3. The lowest BCUT2D eigenvalue weighted by molar-refractivity contribution is -0.140. The molecule has 0 unspecified atom stereocenters. The predicted octanol–water partition coefficient (Wildman–Crippen LogP) is -2.17. The van der Waals surface area contributed by atoms with Gasteiger partial charge in [0.05, 0.1) is 57.5 Å². The van der Waals surface area contributed by atoms with Gasteiger partial charge in [0, 0.05) is 90.0 Å². The highest BCUT2D eigenvalue weighted by Gasteiger charge is 2.39. The lowest BCUT2D eigenvalue weighted by Crippen LogP contribution is -2.49. The molecule has 22 heteroatoms. The van der Waals surface area contributed by atoms with Crippen molar-refractivity contribution in [3.63, 3.8) is 0 Å². The molecule has 21 nitrogen and oxygen atoms in total. The number of hydrogen-bond donors (Lipinski definition) is 6. The van der Waals surface area contributed by atoms with Gasteiger partial charge in [0.1, 0.15) is 6.04 Å². The van der Waals surface area contributed by atoms with Crippen LogP contribution in [0.15, 0.2) is 10.5 Å². The van der Waals surface area contributed by atoms with E-state index in [1.165, 1.54) is 0 Å². The highest BCUT2D eigenvalue weighted by molar-refractivity contribution is 8.04. The van der Waals surface area contributed by atoms with Crippen LogP contribution in [0.1, 0.15) is 26.7 Å². The first-order valence-corrected chi connectivity index (χ1v) is 20.3. The Labute approximate surface area is 342 Å². The largest absolute Gasteiger partial charge is 0.480 e. The van der Waals surface area contributed by atoms with Gasteiger partial charge in [-0.2, -0.15) is 0 Å². The third-order valence-electron chi connectivity index (χ3n) is 9.04. The second-order valence-corrected chi connectivity index (χ2v) is 15.1. The van der Waals surface area contributed by atoms with E-state index in [0.717, 1.165) is 16.7 Å². The van der Waals surface area contributed by atoms with E-state index in [-0.39, 0.29) is 74.2 Å². The smallest absolute Gasteiger partial charge is 0.321 e. The van der Waals surface area contributed by atoms with Gasteiger partial charge in [0.2, 0.25) is 5.91 Å². The maximum atomic E-state index is 12.9. The van der Waals surface area contributed by atoms with Gasteiger partial charge in [-0.1, -0.05) is 13.8 Å². The number of nitrogens with one attached hydrogen (secondary N) is 1. The second-order valence-electron chi connectivity index (χ2n) is 14.1. The summed E-state index contributed by atoms with van der Waals surface area (Å²) in [5.74, 6) is -5.57. The molecule has 7 N–H and O–H groups in total. The maximum absolute atomic E-state index is 12.9. The number of carboxylic acids is 4. The molecule has 0 saturated carbocycles. The summed E-state index contributed by atoms with van der Waals surface area (Å²) in [6.07, 6.45) is 0.965.